The van der Waals surface area contributed by atoms with Crippen molar-refractivity contribution in [1.29, 1.82) is 5.26 Å². The summed E-state index contributed by atoms with van der Waals surface area (Å²) in [5, 5.41) is 12.4. The Labute approximate surface area is 113 Å². The Morgan fingerprint density at radius 1 is 1.21 bits per heavy atom. The summed E-state index contributed by atoms with van der Waals surface area (Å²) in [6.07, 6.45) is 4.84. The Kier molecular flexibility index (Phi) is 4.09. The van der Waals surface area contributed by atoms with Crippen LogP contribution in [0.5, 0.6) is 0 Å². The summed E-state index contributed by atoms with van der Waals surface area (Å²) in [6.45, 7) is 4.23. The van der Waals surface area contributed by atoms with Crippen LogP contribution < -0.4 is 5.32 Å². The van der Waals surface area contributed by atoms with E-state index in [1.807, 2.05) is 0 Å². The van der Waals surface area contributed by atoms with Crippen molar-refractivity contribution in [3.8, 4) is 6.07 Å². The first-order valence-corrected chi connectivity index (χ1v) is 6.38. The summed E-state index contributed by atoms with van der Waals surface area (Å²) in [4.78, 5) is 8.02. The van der Waals surface area contributed by atoms with Crippen LogP contribution in [0.4, 0.5) is 11.5 Å². The zero-order chi connectivity index (χ0) is 13.7. The van der Waals surface area contributed by atoms with Gasteiger partial charge in [0.1, 0.15) is 18.0 Å². The molecule has 0 unspecified atom stereocenters. The molecular formula is C15H16N4. The minimum absolute atomic E-state index is 0.454. The van der Waals surface area contributed by atoms with Gasteiger partial charge in [0.2, 0.25) is 0 Å². The lowest BCUT2D eigenvalue weighted by atomic mass is 10.0. The topological polar surface area (TPSA) is 61.6 Å². The summed E-state index contributed by atoms with van der Waals surface area (Å²) in [6, 6.07) is 8.35. The fourth-order valence-corrected chi connectivity index (χ4v) is 2.03. The molecule has 1 N–H and O–H groups in total. The molecule has 4 nitrogen and oxygen atoms in total. The van der Waals surface area contributed by atoms with Crippen molar-refractivity contribution in [2.75, 3.05) is 5.32 Å². The Bertz CT molecular complexity index is 592. The van der Waals surface area contributed by atoms with Crippen LogP contribution in [0, 0.1) is 11.3 Å². The lowest BCUT2D eigenvalue weighted by Gasteiger charge is -2.15. The molecule has 0 atom stereocenters. The van der Waals surface area contributed by atoms with Crippen molar-refractivity contribution in [3.05, 3.63) is 47.4 Å². The second kappa shape index (κ2) is 5.96. The Morgan fingerprint density at radius 3 is 2.47 bits per heavy atom. The van der Waals surface area contributed by atoms with Crippen LogP contribution in [-0.4, -0.2) is 9.97 Å². The third-order valence-corrected chi connectivity index (χ3v) is 3.07. The van der Waals surface area contributed by atoms with E-state index in [2.05, 4.69) is 53.4 Å². The van der Waals surface area contributed by atoms with Gasteiger partial charge in [0.25, 0.3) is 0 Å². The van der Waals surface area contributed by atoms with Gasteiger partial charge < -0.3 is 5.32 Å². The Morgan fingerprint density at radius 2 is 1.89 bits per heavy atom. The number of aromatic nitrogens is 2. The van der Waals surface area contributed by atoms with Gasteiger partial charge >= 0.3 is 0 Å². The zero-order valence-electron chi connectivity index (χ0n) is 11.1. The monoisotopic (exact) mass is 252 g/mol. The highest BCUT2D eigenvalue weighted by molar-refractivity contribution is 5.68. The largest absolute Gasteiger partial charge is 0.339 e. The maximum Gasteiger partial charge on any atom is 0.151 e. The highest BCUT2D eigenvalue weighted by Crippen LogP contribution is 2.26. The van der Waals surface area contributed by atoms with Crippen molar-refractivity contribution < 1.29 is 0 Å². The van der Waals surface area contributed by atoms with Crippen LogP contribution in [0.3, 0.4) is 0 Å². The number of aryl methyl sites for hydroxylation is 2. The van der Waals surface area contributed by atoms with Gasteiger partial charge in [-0.05, 0) is 24.0 Å². The van der Waals surface area contributed by atoms with E-state index in [9.17, 15) is 0 Å². The van der Waals surface area contributed by atoms with Gasteiger partial charge in [-0.2, -0.15) is 5.26 Å². The molecule has 0 aliphatic heterocycles. The summed E-state index contributed by atoms with van der Waals surface area (Å²) >= 11 is 0. The highest BCUT2D eigenvalue weighted by atomic mass is 15.0. The Hall–Kier alpha value is -2.41. The maximum absolute atomic E-state index is 9.08. The molecule has 2 rings (SSSR count). The van der Waals surface area contributed by atoms with E-state index in [1.165, 1.54) is 23.7 Å². The number of hydrogen-bond acceptors (Lipinski definition) is 4. The molecular weight excluding hydrogens is 236 g/mol. The van der Waals surface area contributed by atoms with Gasteiger partial charge in [0, 0.05) is 5.69 Å². The van der Waals surface area contributed by atoms with Crippen LogP contribution in [0.25, 0.3) is 0 Å². The van der Waals surface area contributed by atoms with E-state index in [4.69, 9.17) is 5.26 Å². The Balaban J connectivity index is 2.46. The molecule has 0 aliphatic carbocycles. The number of benzene rings is 1. The van der Waals surface area contributed by atoms with Crippen molar-refractivity contribution in [2.24, 2.45) is 0 Å². The maximum atomic E-state index is 9.08. The minimum Gasteiger partial charge on any atom is -0.339 e. The first kappa shape index (κ1) is 13.0. The number of nitriles is 1. The first-order valence-electron chi connectivity index (χ1n) is 6.38. The molecule has 1 aromatic heterocycles. The number of hydrogen-bond donors (Lipinski definition) is 1. The molecule has 96 valence electrons. The summed E-state index contributed by atoms with van der Waals surface area (Å²) in [7, 11) is 0. The van der Waals surface area contributed by atoms with Crippen LogP contribution in [0.15, 0.2) is 30.7 Å². The fourth-order valence-electron chi connectivity index (χ4n) is 2.03. The van der Waals surface area contributed by atoms with Gasteiger partial charge in [-0.3, -0.25) is 0 Å². The van der Waals surface area contributed by atoms with Crippen LogP contribution in [0.1, 0.15) is 30.5 Å². The summed E-state index contributed by atoms with van der Waals surface area (Å²) in [5.74, 6) is 0.563. The second-order valence-electron chi connectivity index (χ2n) is 4.18. The van der Waals surface area contributed by atoms with Crippen LogP contribution in [0.2, 0.25) is 0 Å². The van der Waals surface area contributed by atoms with E-state index >= 15 is 0 Å². The van der Waals surface area contributed by atoms with E-state index in [1.54, 1.807) is 0 Å². The molecule has 0 saturated heterocycles. The molecule has 0 radical (unpaired) electrons. The number of nitrogens with one attached hydrogen (secondary N) is 1. The van der Waals surface area contributed by atoms with E-state index in [0.717, 1.165) is 18.5 Å². The van der Waals surface area contributed by atoms with Gasteiger partial charge in [-0.15, -0.1) is 0 Å². The molecule has 1 heterocycles. The normalized spacial score (nSPS) is 9.95. The number of anilines is 2. The predicted octanol–water partition coefficient (Wildman–Crippen LogP) is 3.22. The molecule has 0 bridgehead atoms. The average molecular weight is 252 g/mol. The molecule has 19 heavy (non-hydrogen) atoms. The molecule has 2 aromatic rings. The van der Waals surface area contributed by atoms with Crippen molar-refractivity contribution in [1.82, 2.24) is 9.97 Å². The zero-order valence-corrected chi connectivity index (χ0v) is 11.1. The highest BCUT2D eigenvalue weighted by Gasteiger charge is 2.09. The van der Waals surface area contributed by atoms with E-state index in [0.29, 0.717) is 11.4 Å². The molecule has 4 heteroatoms. The standard InChI is InChI=1S/C15H16N4/c1-3-11-6-5-7-12(4-2)14(11)19-15-13(8-16)9-17-10-18-15/h5-7,9-10H,3-4H2,1-2H3,(H,17,18,19). The third kappa shape index (κ3) is 2.71. The smallest absolute Gasteiger partial charge is 0.151 e. The van der Waals surface area contributed by atoms with Crippen molar-refractivity contribution in [3.63, 3.8) is 0 Å². The quantitative estimate of drug-likeness (QED) is 0.907. The fraction of sp³-hybridized carbons (Fsp3) is 0.267. The molecule has 0 saturated carbocycles. The van der Waals surface area contributed by atoms with Gasteiger partial charge in [-0.25, -0.2) is 9.97 Å². The molecule has 1 aromatic carbocycles. The van der Waals surface area contributed by atoms with E-state index in [-0.39, 0.29) is 0 Å². The van der Waals surface area contributed by atoms with Crippen molar-refractivity contribution >= 4 is 11.5 Å². The lowest BCUT2D eigenvalue weighted by molar-refractivity contribution is 1.08. The van der Waals surface area contributed by atoms with Crippen molar-refractivity contribution in [2.45, 2.75) is 26.7 Å². The number of para-hydroxylation sites is 1. The molecule has 0 spiro atoms. The minimum atomic E-state index is 0.454. The number of nitrogens with zero attached hydrogens (tertiary/aromatic N) is 3. The predicted molar refractivity (Wildman–Crippen MR) is 75.2 cm³/mol. The van der Waals surface area contributed by atoms with Gasteiger partial charge in [0.15, 0.2) is 5.82 Å². The molecule has 0 amide bonds. The third-order valence-electron chi connectivity index (χ3n) is 3.07. The van der Waals surface area contributed by atoms with Gasteiger partial charge in [0.05, 0.1) is 6.20 Å². The van der Waals surface area contributed by atoms with Gasteiger partial charge in [-0.1, -0.05) is 32.0 Å². The summed E-state index contributed by atoms with van der Waals surface area (Å²) < 4.78 is 0. The lowest BCUT2D eigenvalue weighted by Crippen LogP contribution is -2.03. The SMILES string of the molecule is CCc1cccc(CC)c1Nc1ncncc1C#N. The first-order chi connectivity index (χ1) is 9.30. The van der Waals surface area contributed by atoms with Crippen LogP contribution in [-0.2, 0) is 12.8 Å². The summed E-state index contributed by atoms with van der Waals surface area (Å²) in [5.41, 5.74) is 3.96. The number of rotatable bonds is 4. The average Bonchev–Trinajstić information content (AvgIpc) is 2.48. The molecule has 0 aliphatic rings. The molecule has 0 fully saturated rings. The second-order valence-corrected chi connectivity index (χ2v) is 4.18. The van der Waals surface area contributed by atoms with Crippen LogP contribution >= 0.6 is 0 Å². The van der Waals surface area contributed by atoms with E-state index < -0.39 is 0 Å².